The summed E-state index contributed by atoms with van der Waals surface area (Å²) < 4.78 is 5.03. The van der Waals surface area contributed by atoms with Crippen LogP contribution in [-0.2, 0) is 21.1 Å². The molecule has 1 amide bonds. The predicted octanol–water partition coefficient (Wildman–Crippen LogP) is 2.12. The van der Waals surface area contributed by atoms with E-state index >= 15 is 0 Å². The van der Waals surface area contributed by atoms with Gasteiger partial charge in [-0.2, -0.15) is 11.8 Å². The van der Waals surface area contributed by atoms with Crippen molar-refractivity contribution in [1.29, 1.82) is 0 Å². The number of carbonyl (C=O) groups is 1. The normalized spacial score (nSPS) is 14.1. The fourth-order valence-electron chi connectivity index (χ4n) is 1.50. The van der Waals surface area contributed by atoms with E-state index in [1.54, 1.807) is 11.8 Å². The van der Waals surface area contributed by atoms with E-state index in [-0.39, 0.29) is 5.91 Å². The first-order chi connectivity index (χ1) is 8.95. The summed E-state index contributed by atoms with van der Waals surface area (Å²) in [5.74, 6) is 1.19. The Bertz CT molecular complexity index is 284. The Morgan fingerprint density at radius 1 is 1.32 bits per heavy atom. The summed E-state index contributed by atoms with van der Waals surface area (Å²) in [7, 11) is 0. The topological polar surface area (TPSA) is 61.4 Å². The van der Waals surface area contributed by atoms with Crippen LogP contribution in [0, 0.1) is 0 Å². The van der Waals surface area contributed by atoms with E-state index in [0.29, 0.717) is 13.0 Å². The van der Waals surface area contributed by atoms with Crippen molar-refractivity contribution in [2.45, 2.75) is 38.5 Å². The molecule has 0 radical (unpaired) electrons. The van der Waals surface area contributed by atoms with Gasteiger partial charge in [0.05, 0.1) is 6.61 Å². The van der Waals surface area contributed by atoms with Crippen molar-refractivity contribution in [2.24, 2.45) is 0 Å². The van der Waals surface area contributed by atoms with E-state index in [2.05, 4.69) is 17.1 Å². The molecular weight excluding hydrogens is 301 g/mol. The maximum Gasteiger partial charge on any atom is 0.220 e. The van der Waals surface area contributed by atoms with E-state index in [1.807, 2.05) is 6.26 Å². The van der Waals surface area contributed by atoms with Crippen LogP contribution >= 0.6 is 18.3 Å². The first-order valence-corrected chi connectivity index (χ1v) is 11.1. The molecule has 114 valence electrons. The zero-order valence-electron chi connectivity index (χ0n) is 11.9. The van der Waals surface area contributed by atoms with Gasteiger partial charge in [-0.25, -0.2) is 0 Å². The minimum atomic E-state index is -2.73. The molecule has 0 aliphatic heterocycles. The van der Waals surface area contributed by atoms with E-state index in [4.69, 9.17) is 4.52 Å². The van der Waals surface area contributed by atoms with Crippen LogP contribution in [0.5, 0.6) is 0 Å². The van der Waals surface area contributed by atoms with Crippen molar-refractivity contribution in [3.63, 3.8) is 0 Å². The van der Waals surface area contributed by atoms with Crippen LogP contribution in [0.25, 0.3) is 0 Å². The predicted molar refractivity (Wildman–Crippen MR) is 85.3 cm³/mol. The second-order valence-corrected chi connectivity index (χ2v) is 9.24. The van der Waals surface area contributed by atoms with Crippen molar-refractivity contribution in [1.82, 2.24) is 5.32 Å². The SMILES string of the molecule is CSCCCC(=O)NCCCCCCOP(C)([O-])=S. The van der Waals surface area contributed by atoms with E-state index < -0.39 is 6.49 Å². The molecule has 0 bridgehead atoms. The highest BCUT2D eigenvalue weighted by Crippen LogP contribution is 2.31. The molecule has 19 heavy (non-hydrogen) atoms. The molecule has 0 aliphatic rings. The largest absolute Gasteiger partial charge is 0.801 e. The lowest BCUT2D eigenvalue weighted by Crippen LogP contribution is -2.24. The molecule has 0 rings (SSSR count). The first kappa shape index (κ1) is 19.4. The number of rotatable bonds is 12. The maximum atomic E-state index is 11.4. The molecule has 4 nitrogen and oxygen atoms in total. The molecule has 1 unspecified atom stereocenters. The number of carbonyl (C=O) groups excluding carboxylic acids is 1. The third-order valence-electron chi connectivity index (χ3n) is 2.47. The molecule has 0 heterocycles. The Morgan fingerprint density at radius 3 is 2.63 bits per heavy atom. The van der Waals surface area contributed by atoms with Gasteiger partial charge in [-0.3, -0.25) is 4.79 Å². The van der Waals surface area contributed by atoms with Gasteiger partial charge < -0.3 is 14.7 Å². The zero-order valence-corrected chi connectivity index (χ0v) is 14.4. The average molecular weight is 326 g/mol. The van der Waals surface area contributed by atoms with E-state index in [9.17, 15) is 9.69 Å². The zero-order chi connectivity index (χ0) is 14.6. The molecule has 7 heteroatoms. The van der Waals surface area contributed by atoms with Gasteiger partial charge >= 0.3 is 0 Å². The number of hydrogen-bond acceptors (Lipinski definition) is 5. The second kappa shape index (κ2) is 12.2. The standard InChI is InChI=1S/C12H26NO3PS2/c1-17(15,18)16-10-6-4-3-5-9-13-12(14)8-7-11-19-2/h3-11H2,1-2H3,(H,13,14)(H,15,18)/p-1. The molecule has 0 spiro atoms. The molecule has 1 N–H and O–H groups in total. The third-order valence-corrected chi connectivity index (χ3v) is 4.14. The van der Waals surface area contributed by atoms with Crippen molar-refractivity contribution in [2.75, 3.05) is 31.8 Å². The van der Waals surface area contributed by atoms with Crippen LogP contribution < -0.4 is 10.2 Å². The van der Waals surface area contributed by atoms with Gasteiger partial charge in [0, 0.05) is 13.0 Å². The molecule has 0 saturated carbocycles. The lowest BCUT2D eigenvalue weighted by Gasteiger charge is -2.22. The highest BCUT2D eigenvalue weighted by molar-refractivity contribution is 8.08. The minimum absolute atomic E-state index is 0.149. The Morgan fingerprint density at radius 2 is 2.00 bits per heavy atom. The molecule has 0 saturated heterocycles. The van der Waals surface area contributed by atoms with Crippen molar-refractivity contribution in [3.05, 3.63) is 0 Å². The monoisotopic (exact) mass is 326 g/mol. The number of thioether (sulfide) groups is 1. The van der Waals surface area contributed by atoms with E-state index in [1.165, 1.54) is 6.66 Å². The summed E-state index contributed by atoms with van der Waals surface area (Å²) in [6, 6.07) is 0. The molecular formula is C12H25NO3PS2-. The van der Waals surface area contributed by atoms with Crippen LogP contribution in [0.15, 0.2) is 0 Å². The summed E-state index contributed by atoms with van der Waals surface area (Å²) >= 11 is 6.43. The number of hydrogen-bond donors (Lipinski definition) is 1. The fraction of sp³-hybridized carbons (Fsp3) is 0.917. The minimum Gasteiger partial charge on any atom is -0.801 e. The third kappa shape index (κ3) is 16.3. The van der Waals surface area contributed by atoms with Gasteiger partial charge in [-0.05, 0) is 44.4 Å². The Hall–Kier alpha value is 0.390. The Balaban J connectivity index is 3.22. The number of amides is 1. The summed E-state index contributed by atoms with van der Waals surface area (Å²) in [6.07, 6.45) is 7.52. The fourth-order valence-corrected chi connectivity index (χ4v) is 2.62. The highest BCUT2D eigenvalue weighted by Gasteiger charge is 2.00. The van der Waals surface area contributed by atoms with Gasteiger partial charge in [-0.15, -0.1) is 0 Å². The number of nitrogens with one attached hydrogen (secondary N) is 1. The quantitative estimate of drug-likeness (QED) is 0.440. The summed E-state index contributed by atoms with van der Waals surface area (Å²) in [6.45, 7) is -0.0630. The Kier molecular flexibility index (Phi) is 12.4. The summed E-state index contributed by atoms with van der Waals surface area (Å²) in [5.41, 5.74) is 0. The van der Waals surface area contributed by atoms with Crippen LogP contribution in [0.3, 0.4) is 0 Å². The Labute approximate surface area is 126 Å². The van der Waals surface area contributed by atoms with Gasteiger partial charge in [0.1, 0.15) is 0 Å². The van der Waals surface area contributed by atoms with Gasteiger partial charge in [0.15, 0.2) is 0 Å². The van der Waals surface area contributed by atoms with Crippen LogP contribution in [0.1, 0.15) is 38.5 Å². The maximum absolute atomic E-state index is 11.4. The molecule has 0 aromatic carbocycles. The molecule has 0 aromatic heterocycles. The van der Waals surface area contributed by atoms with Crippen molar-refractivity contribution >= 4 is 36.0 Å². The number of unbranched alkanes of at least 4 members (excludes halogenated alkanes) is 3. The van der Waals surface area contributed by atoms with Gasteiger partial charge in [0.2, 0.25) is 5.91 Å². The van der Waals surface area contributed by atoms with Crippen molar-refractivity contribution in [3.8, 4) is 0 Å². The lowest BCUT2D eigenvalue weighted by atomic mass is 10.2. The molecule has 0 aromatic rings. The van der Waals surface area contributed by atoms with Gasteiger partial charge in [-0.1, -0.05) is 24.6 Å². The first-order valence-electron chi connectivity index (χ1n) is 6.64. The smallest absolute Gasteiger partial charge is 0.220 e. The summed E-state index contributed by atoms with van der Waals surface area (Å²) in [4.78, 5) is 22.5. The molecule has 1 atom stereocenters. The lowest BCUT2D eigenvalue weighted by molar-refractivity contribution is -0.180. The summed E-state index contributed by atoms with van der Waals surface area (Å²) in [5, 5.41) is 2.92. The van der Waals surface area contributed by atoms with E-state index in [0.717, 1.165) is 44.4 Å². The van der Waals surface area contributed by atoms with Crippen LogP contribution in [0.4, 0.5) is 0 Å². The second-order valence-electron chi connectivity index (χ2n) is 4.47. The van der Waals surface area contributed by atoms with Crippen LogP contribution in [0.2, 0.25) is 0 Å². The molecule has 0 aliphatic carbocycles. The van der Waals surface area contributed by atoms with Crippen molar-refractivity contribution < 1.29 is 14.2 Å². The van der Waals surface area contributed by atoms with Gasteiger partial charge in [0.25, 0.3) is 0 Å². The molecule has 0 fully saturated rings. The highest BCUT2D eigenvalue weighted by atomic mass is 32.5. The van der Waals surface area contributed by atoms with Crippen LogP contribution in [-0.4, -0.2) is 37.7 Å². The average Bonchev–Trinajstić information content (AvgIpc) is 2.31.